The zero-order valence-corrected chi connectivity index (χ0v) is 18.5. The van der Waals surface area contributed by atoms with Crippen LogP contribution in [0.25, 0.3) is 0 Å². The van der Waals surface area contributed by atoms with Crippen molar-refractivity contribution < 1.29 is 14.3 Å². The highest BCUT2D eigenvalue weighted by atomic mass is 16.6. The third-order valence-corrected chi connectivity index (χ3v) is 6.93. The van der Waals surface area contributed by atoms with Gasteiger partial charge in [0, 0.05) is 18.3 Å². The number of rotatable bonds is 4. The fourth-order valence-electron chi connectivity index (χ4n) is 5.53. The molecule has 1 saturated heterocycles. The van der Waals surface area contributed by atoms with Gasteiger partial charge in [-0.2, -0.15) is 5.10 Å². The number of fused-ring (bicyclic) bond motifs is 1. The van der Waals surface area contributed by atoms with E-state index in [0.29, 0.717) is 12.1 Å². The molecule has 0 spiro atoms. The Hall–Kier alpha value is -3.29. The Morgan fingerprint density at radius 3 is 2.50 bits per heavy atom. The summed E-state index contributed by atoms with van der Waals surface area (Å²) in [5.74, 6) is 0.306. The molecule has 32 heavy (non-hydrogen) atoms. The molecule has 1 saturated carbocycles. The number of nitrogens with zero attached hydrogens (tertiary/aromatic N) is 4. The van der Waals surface area contributed by atoms with Gasteiger partial charge in [-0.05, 0) is 51.2 Å². The van der Waals surface area contributed by atoms with Crippen molar-refractivity contribution in [3.05, 3.63) is 59.9 Å². The monoisotopic (exact) mass is 435 g/mol. The number of nitrogens with two attached hydrogens (primary N) is 1. The van der Waals surface area contributed by atoms with Gasteiger partial charge in [0.25, 0.3) is 5.91 Å². The maximum Gasteiger partial charge on any atom is 0.411 e. The summed E-state index contributed by atoms with van der Waals surface area (Å²) in [4.78, 5) is 28.9. The molecular formula is C24H29N5O3. The van der Waals surface area contributed by atoms with Gasteiger partial charge in [0.15, 0.2) is 0 Å². The number of cyclic esters (lactones) is 1. The van der Waals surface area contributed by atoms with Gasteiger partial charge in [0.1, 0.15) is 17.0 Å². The normalized spacial score (nSPS) is 26.7. The molecule has 1 atom stereocenters. The molecule has 2 aliphatic heterocycles. The van der Waals surface area contributed by atoms with Crippen molar-refractivity contribution in [2.75, 3.05) is 4.90 Å². The fraction of sp³-hybridized carbons (Fsp3) is 0.458. The summed E-state index contributed by atoms with van der Waals surface area (Å²) in [6, 6.07) is 10.3. The van der Waals surface area contributed by atoms with Gasteiger partial charge >= 0.3 is 6.09 Å². The van der Waals surface area contributed by atoms with E-state index in [1.165, 1.54) is 0 Å². The number of aromatic nitrogens is 2. The van der Waals surface area contributed by atoms with E-state index >= 15 is 0 Å². The van der Waals surface area contributed by atoms with E-state index in [2.05, 4.69) is 22.1 Å². The molecule has 1 aliphatic carbocycles. The second kappa shape index (κ2) is 7.69. The summed E-state index contributed by atoms with van der Waals surface area (Å²) in [7, 11) is 0. The van der Waals surface area contributed by atoms with Crippen LogP contribution in [0.15, 0.2) is 48.8 Å². The second-order valence-corrected chi connectivity index (χ2v) is 9.37. The molecule has 2 aromatic rings. The molecule has 2 fully saturated rings. The van der Waals surface area contributed by atoms with Crippen LogP contribution in [0, 0.1) is 0 Å². The van der Waals surface area contributed by atoms with Crippen molar-refractivity contribution >= 4 is 17.8 Å². The lowest BCUT2D eigenvalue weighted by Gasteiger charge is -2.41. The smallest absolute Gasteiger partial charge is 0.411 e. The Morgan fingerprint density at radius 1 is 1.12 bits per heavy atom. The second-order valence-electron chi connectivity index (χ2n) is 9.37. The zero-order chi connectivity index (χ0) is 22.5. The van der Waals surface area contributed by atoms with Crippen molar-refractivity contribution in [2.45, 2.75) is 69.8 Å². The molecule has 1 aromatic carbocycles. The molecular weight excluding hydrogens is 406 g/mol. The zero-order valence-electron chi connectivity index (χ0n) is 18.5. The van der Waals surface area contributed by atoms with Gasteiger partial charge in [-0.3, -0.25) is 9.69 Å². The summed E-state index contributed by atoms with van der Waals surface area (Å²) in [6.07, 6.45) is 8.91. The Labute approximate surface area is 187 Å². The van der Waals surface area contributed by atoms with Crippen LogP contribution in [0.3, 0.4) is 0 Å². The summed E-state index contributed by atoms with van der Waals surface area (Å²) in [5.41, 5.74) is 6.55. The van der Waals surface area contributed by atoms with Crippen LogP contribution in [-0.4, -0.2) is 44.4 Å². The minimum atomic E-state index is -0.590. The van der Waals surface area contributed by atoms with E-state index in [4.69, 9.17) is 10.5 Å². The molecule has 3 aliphatic rings. The molecule has 168 valence electrons. The fourth-order valence-corrected chi connectivity index (χ4v) is 5.53. The van der Waals surface area contributed by atoms with Crippen LogP contribution in [0.1, 0.15) is 61.5 Å². The average molecular weight is 436 g/mol. The van der Waals surface area contributed by atoms with Crippen molar-refractivity contribution in [3.63, 3.8) is 0 Å². The summed E-state index contributed by atoms with van der Waals surface area (Å²) < 4.78 is 7.62. The first kappa shape index (κ1) is 20.6. The molecule has 2 N–H and O–H groups in total. The van der Waals surface area contributed by atoms with Gasteiger partial charge in [-0.15, -0.1) is 0 Å². The molecule has 0 bridgehead atoms. The summed E-state index contributed by atoms with van der Waals surface area (Å²) in [6.45, 7) is 4.60. The molecule has 1 aromatic heterocycles. The topological polar surface area (TPSA) is 93.7 Å². The summed E-state index contributed by atoms with van der Waals surface area (Å²) in [5, 5.41) is 4.32. The number of ether oxygens (including phenoxy) is 1. The van der Waals surface area contributed by atoms with Gasteiger partial charge in [0.2, 0.25) is 0 Å². The van der Waals surface area contributed by atoms with Crippen LogP contribution in [0.4, 0.5) is 10.6 Å². The van der Waals surface area contributed by atoms with Gasteiger partial charge in [-0.1, -0.05) is 30.3 Å². The predicted octanol–water partition coefficient (Wildman–Crippen LogP) is 3.60. The van der Waals surface area contributed by atoms with Crippen molar-refractivity contribution in [1.29, 1.82) is 0 Å². The molecule has 2 amide bonds. The highest BCUT2D eigenvalue weighted by Gasteiger charge is 2.51. The standard InChI is InChI=1S/C24H29N5O3/c1-24(2)20(16-7-4-3-5-8-16)29(23(31)32-24)18-11-9-17(10-12-18)27-13-6-14-28-22(27)19(15-26-28)21(25)30/h3-8,13,15,17-18,20H,9-12,14H2,1-2H3,(H2,25,30)/t17-,18-,20-/m0/s1. The van der Waals surface area contributed by atoms with Crippen LogP contribution in [0.5, 0.6) is 0 Å². The van der Waals surface area contributed by atoms with Crippen LogP contribution in [0.2, 0.25) is 0 Å². The van der Waals surface area contributed by atoms with E-state index in [1.807, 2.05) is 53.9 Å². The molecule has 0 unspecified atom stereocenters. The number of carbonyl (C=O) groups is 2. The molecule has 5 rings (SSSR count). The number of allylic oxidation sites excluding steroid dienone is 1. The third kappa shape index (κ3) is 3.34. The predicted molar refractivity (Wildman–Crippen MR) is 120 cm³/mol. The van der Waals surface area contributed by atoms with Crippen LogP contribution < -0.4 is 10.6 Å². The number of hydrogen-bond donors (Lipinski definition) is 1. The summed E-state index contributed by atoms with van der Waals surface area (Å²) >= 11 is 0. The Bertz CT molecular complexity index is 1050. The van der Waals surface area contributed by atoms with E-state index in [-0.39, 0.29) is 24.2 Å². The van der Waals surface area contributed by atoms with Crippen LogP contribution in [-0.2, 0) is 11.3 Å². The molecule has 8 heteroatoms. The Morgan fingerprint density at radius 2 is 1.81 bits per heavy atom. The lowest BCUT2D eigenvalue weighted by atomic mass is 9.85. The van der Waals surface area contributed by atoms with Gasteiger partial charge < -0.3 is 15.4 Å². The molecule has 8 nitrogen and oxygen atoms in total. The average Bonchev–Trinajstić information content (AvgIpc) is 3.32. The number of carbonyl (C=O) groups excluding carboxylic acids is 2. The minimum absolute atomic E-state index is 0.111. The quantitative estimate of drug-likeness (QED) is 0.792. The van der Waals surface area contributed by atoms with E-state index < -0.39 is 11.5 Å². The van der Waals surface area contributed by atoms with Crippen molar-refractivity contribution in [1.82, 2.24) is 14.7 Å². The third-order valence-electron chi connectivity index (χ3n) is 6.93. The highest BCUT2D eigenvalue weighted by molar-refractivity contribution is 5.98. The number of hydrogen-bond acceptors (Lipinski definition) is 5. The first-order chi connectivity index (χ1) is 15.4. The minimum Gasteiger partial charge on any atom is -0.441 e. The largest absolute Gasteiger partial charge is 0.441 e. The Kier molecular flexibility index (Phi) is 4.95. The van der Waals surface area contributed by atoms with Gasteiger partial charge in [-0.25, -0.2) is 9.48 Å². The number of amides is 2. The van der Waals surface area contributed by atoms with Gasteiger partial charge in [0.05, 0.1) is 18.8 Å². The number of primary amides is 1. The van der Waals surface area contributed by atoms with Crippen molar-refractivity contribution in [2.24, 2.45) is 5.73 Å². The Balaban J connectivity index is 1.36. The van der Waals surface area contributed by atoms with Crippen LogP contribution >= 0.6 is 0 Å². The van der Waals surface area contributed by atoms with E-state index in [0.717, 1.165) is 37.1 Å². The lowest BCUT2D eigenvalue weighted by molar-refractivity contribution is 0.0664. The van der Waals surface area contributed by atoms with Crippen molar-refractivity contribution in [3.8, 4) is 0 Å². The maximum atomic E-state index is 12.9. The number of anilines is 1. The lowest BCUT2D eigenvalue weighted by Crippen LogP contribution is -2.46. The maximum absolute atomic E-state index is 12.9. The highest BCUT2D eigenvalue weighted by Crippen LogP contribution is 2.45. The van der Waals surface area contributed by atoms with E-state index in [1.54, 1.807) is 6.20 Å². The first-order valence-corrected chi connectivity index (χ1v) is 11.2. The first-order valence-electron chi connectivity index (χ1n) is 11.2. The molecule has 0 radical (unpaired) electrons. The molecule has 3 heterocycles. The number of benzene rings is 1. The SMILES string of the molecule is CC1(C)OC(=O)N([C@H]2CC[C@H](N3C=CCn4ncc(C(N)=O)c43)CC2)[C@H]1c1ccccc1. The van der Waals surface area contributed by atoms with E-state index in [9.17, 15) is 9.59 Å².